The Morgan fingerprint density at radius 3 is 1.94 bits per heavy atom. The van der Waals surface area contributed by atoms with E-state index in [0.29, 0.717) is 18.1 Å². The Kier molecular flexibility index (Phi) is 8.96. The van der Waals surface area contributed by atoms with E-state index in [1.807, 2.05) is 0 Å². The molecule has 0 saturated heterocycles. The van der Waals surface area contributed by atoms with Crippen LogP contribution in [0.2, 0.25) is 0 Å². The minimum atomic E-state index is 0.639. The molecule has 0 aliphatic rings. The molecule has 98 valence electrons. The predicted molar refractivity (Wildman–Crippen MR) is 74.0 cm³/mol. The summed E-state index contributed by atoms with van der Waals surface area (Å²) in [4.78, 5) is 2.59. The lowest BCUT2D eigenvalue weighted by atomic mass is 10.1. The van der Waals surface area contributed by atoms with Crippen molar-refractivity contribution < 1.29 is 0 Å². The van der Waals surface area contributed by atoms with E-state index < -0.39 is 0 Å². The second-order valence-corrected chi connectivity index (χ2v) is 5.10. The maximum atomic E-state index is 3.67. The maximum Gasteiger partial charge on any atom is 0.0195 e. The summed E-state index contributed by atoms with van der Waals surface area (Å²) in [5.41, 5.74) is 0. The van der Waals surface area contributed by atoms with E-state index in [4.69, 9.17) is 0 Å². The van der Waals surface area contributed by atoms with Gasteiger partial charge in [-0.1, -0.05) is 20.8 Å². The molecular formula is C14H32N2. The molecule has 0 bridgehead atoms. The lowest BCUT2D eigenvalue weighted by molar-refractivity contribution is 0.158. The Labute approximate surface area is 103 Å². The number of rotatable bonds is 9. The van der Waals surface area contributed by atoms with Gasteiger partial charge in [-0.3, -0.25) is 4.90 Å². The zero-order valence-corrected chi connectivity index (χ0v) is 12.2. The van der Waals surface area contributed by atoms with E-state index in [0.717, 1.165) is 6.54 Å². The molecule has 2 nitrogen and oxygen atoms in total. The van der Waals surface area contributed by atoms with Gasteiger partial charge in [0.05, 0.1) is 0 Å². The van der Waals surface area contributed by atoms with Crippen LogP contribution in [0.5, 0.6) is 0 Å². The molecule has 0 fully saturated rings. The SMILES string of the molecule is CCCN(C(C)C)C(C)CNC(CC)CC. The Morgan fingerprint density at radius 1 is 1.00 bits per heavy atom. The summed E-state index contributed by atoms with van der Waals surface area (Å²) in [6, 6.07) is 1.98. The summed E-state index contributed by atoms with van der Waals surface area (Å²) in [5, 5.41) is 3.67. The molecule has 0 aromatic heterocycles. The summed E-state index contributed by atoms with van der Waals surface area (Å²) in [6.07, 6.45) is 3.71. The lowest BCUT2D eigenvalue weighted by Gasteiger charge is -2.33. The van der Waals surface area contributed by atoms with Gasteiger partial charge in [-0.05, 0) is 46.6 Å². The lowest BCUT2D eigenvalue weighted by Crippen LogP contribution is -2.46. The molecule has 0 aromatic carbocycles. The fraction of sp³-hybridized carbons (Fsp3) is 1.00. The van der Waals surface area contributed by atoms with E-state index in [9.17, 15) is 0 Å². The minimum Gasteiger partial charge on any atom is -0.312 e. The second-order valence-electron chi connectivity index (χ2n) is 5.10. The van der Waals surface area contributed by atoms with Crippen LogP contribution in [0.4, 0.5) is 0 Å². The highest BCUT2D eigenvalue weighted by molar-refractivity contribution is 4.74. The van der Waals surface area contributed by atoms with Gasteiger partial charge in [0, 0.05) is 24.7 Å². The third kappa shape index (κ3) is 5.86. The largest absolute Gasteiger partial charge is 0.312 e. The van der Waals surface area contributed by atoms with Crippen molar-refractivity contribution in [2.24, 2.45) is 0 Å². The molecule has 0 rings (SSSR count). The minimum absolute atomic E-state index is 0.639. The van der Waals surface area contributed by atoms with E-state index in [2.05, 4.69) is 51.8 Å². The van der Waals surface area contributed by atoms with Crippen molar-refractivity contribution >= 4 is 0 Å². The first-order valence-electron chi connectivity index (χ1n) is 7.05. The summed E-state index contributed by atoms with van der Waals surface area (Å²) >= 11 is 0. The zero-order chi connectivity index (χ0) is 12.6. The number of nitrogens with zero attached hydrogens (tertiary/aromatic N) is 1. The zero-order valence-electron chi connectivity index (χ0n) is 12.2. The number of hydrogen-bond acceptors (Lipinski definition) is 2. The molecular weight excluding hydrogens is 196 g/mol. The van der Waals surface area contributed by atoms with Crippen LogP contribution in [0.1, 0.15) is 60.8 Å². The third-order valence-corrected chi connectivity index (χ3v) is 3.40. The van der Waals surface area contributed by atoms with Crippen LogP contribution in [0.25, 0.3) is 0 Å². The van der Waals surface area contributed by atoms with Crippen molar-refractivity contribution in [1.29, 1.82) is 0 Å². The average molecular weight is 228 g/mol. The first-order chi connectivity index (χ1) is 7.56. The van der Waals surface area contributed by atoms with Gasteiger partial charge in [0.2, 0.25) is 0 Å². The van der Waals surface area contributed by atoms with Crippen molar-refractivity contribution in [1.82, 2.24) is 10.2 Å². The Bertz CT molecular complexity index is 153. The molecule has 16 heavy (non-hydrogen) atoms. The summed E-state index contributed by atoms with van der Waals surface area (Å²) in [7, 11) is 0. The van der Waals surface area contributed by atoms with Crippen molar-refractivity contribution in [3.63, 3.8) is 0 Å². The topological polar surface area (TPSA) is 15.3 Å². The molecule has 1 unspecified atom stereocenters. The molecule has 0 aliphatic carbocycles. The van der Waals surface area contributed by atoms with E-state index in [1.54, 1.807) is 0 Å². The van der Waals surface area contributed by atoms with E-state index in [1.165, 1.54) is 25.8 Å². The van der Waals surface area contributed by atoms with Gasteiger partial charge in [-0.2, -0.15) is 0 Å². The highest BCUT2D eigenvalue weighted by Crippen LogP contribution is 2.06. The molecule has 0 aromatic rings. The number of nitrogens with one attached hydrogen (secondary N) is 1. The van der Waals surface area contributed by atoms with E-state index in [-0.39, 0.29) is 0 Å². The Balaban J connectivity index is 4.04. The van der Waals surface area contributed by atoms with E-state index >= 15 is 0 Å². The van der Waals surface area contributed by atoms with Gasteiger partial charge in [-0.15, -0.1) is 0 Å². The van der Waals surface area contributed by atoms with Gasteiger partial charge < -0.3 is 5.32 Å². The van der Waals surface area contributed by atoms with Gasteiger partial charge >= 0.3 is 0 Å². The second kappa shape index (κ2) is 9.00. The quantitative estimate of drug-likeness (QED) is 0.651. The molecule has 2 heteroatoms. The summed E-state index contributed by atoms with van der Waals surface area (Å²) in [6.45, 7) is 16.0. The summed E-state index contributed by atoms with van der Waals surface area (Å²) < 4.78 is 0. The van der Waals surface area contributed by atoms with Gasteiger partial charge in [0.15, 0.2) is 0 Å². The monoisotopic (exact) mass is 228 g/mol. The van der Waals surface area contributed by atoms with Gasteiger partial charge in [0.1, 0.15) is 0 Å². The number of hydrogen-bond donors (Lipinski definition) is 1. The fourth-order valence-electron chi connectivity index (χ4n) is 2.28. The highest BCUT2D eigenvalue weighted by Gasteiger charge is 2.16. The van der Waals surface area contributed by atoms with Crippen LogP contribution in [0.15, 0.2) is 0 Å². The van der Waals surface area contributed by atoms with Crippen LogP contribution in [0, 0.1) is 0 Å². The standard InChI is InChI=1S/C14H32N2/c1-7-10-16(12(4)5)13(6)11-15-14(8-2)9-3/h12-15H,7-11H2,1-6H3. The smallest absolute Gasteiger partial charge is 0.0195 e. The summed E-state index contributed by atoms with van der Waals surface area (Å²) in [5.74, 6) is 0. The Morgan fingerprint density at radius 2 is 1.56 bits per heavy atom. The first-order valence-corrected chi connectivity index (χ1v) is 7.05. The normalized spacial score (nSPS) is 14.1. The van der Waals surface area contributed by atoms with Gasteiger partial charge in [-0.25, -0.2) is 0 Å². The van der Waals surface area contributed by atoms with Crippen LogP contribution < -0.4 is 5.32 Å². The molecule has 0 radical (unpaired) electrons. The molecule has 0 aliphatic heterocycles. The first kappa shape index (κ1) is 15.9. The van der Waals surface area contributed by atoms with Crippen LogP contribution in [0.3, 0.4) is 0 Å². The van der Waals surface area contributed by atoms with Crippen molar-refractivity contribution in [2.45, 2.75) is 78.9 Å². The van der Waals surface area contributed by atoms with Crippen molar-refractivity contribution in [2.75, 3.05) is 13.1 Å². The Hall–Kier alpha value is -0.0800. The van der Waals surface area contributed by atoms with Crippen LogP contribution in [-0.4, -0.2) is 36.1 Å². The maximum absolute atomic E-state index is 3.67. The third-order valence-electron chi connectivity index (χ3n) is 3.40. The molecule has 0 heterocycles. The average Bonchev–Trinajstić information content (AvgIpc) is 2.26. The molecule has 0 amide bonds. The molecule has 0 saturated carbocycles. The van der Waals surface area contributed by atoms with Crippen LogP contribution in [-0.2, 0) is 0 Å². The van der Waals surface area contributed by atoms with Gasteiger partial charge in [0.25, 0.3) is 0 Å². The van der Waals surface area contributed by atoms with Crippen LogP contribution >= 0.6 is 0 Å². The predicted octanol–water partition coefficient (Wildman–Crippen LogP) is 3.27. The molecule has 0 spiro atoms. The fourth-order valence-corrected chi connectivity index (χ4v) is 2.28. The molecule has 1 N–H and O–H groups in total. The molecule has 1 atom stereocenters. The highest BCUT2D eigenvalue weighted by atomic mass is 15.2. The van der Waals surface area contributed by atoms with Crippen molar-refractivity contribution in [3.8, 4) is 0 Å². The van der Waals surface area contributed by atoms with Crippen molar-refractivity contribution in [3.05, 3.63) is 0 Å².